The molecule has 1 N–H and O–H groups in total. The van der Waals surface area contributed by atoms with Gasteiger partial charge >= 0.3 is 0 Å². The van der Waals surface area contributed by atoms with E-state index in [0.717, 1.165) is 17.9 Å². The smallest absolute Gasteiger partial charge is 0.254 e. The molecular weight excluding hydrogens is 286 g/mol. The van der Waals surface area contributed by atoms with Crippen LogP contribution in [0.25, 0.3) is 5.78 Å². The van der Waals surface area contributed by atoms with Crippen molar-refractivity contribution in [2.75, 3.05) is 5.32 Å². The van der Waals surface area contributed by atoms with Crippen LogP contribution in [0.15, 0.2) is 36.7 Å². The maximum atomic E-state index is 4.42. The lowest BCUT2D eigenvalue weighted by atomic mass is 9.92. The molecule has 1 aromatic carbocycles. The average Bonchev–Trinajstić information content (AvgIpc) is 2.95. The molecular formula is C18H21N5. The van der Waals surface area contributed by atoms with Crippen LogP contribution in [0.1, 0.15) is 42.6 Å². The molecule has 0 amide bonds. The summed E-state index contributed by atoms with van der Waals surface area (Å²) in [6, 6.07) is 11.1. The molecule has 0 bridgehead atoms. The van der Waals surface area contributed by atoms with Gasteiger partial charge in [0.25, 0.3) is 5.78 Å². The van der Waals surface area contributed by atoms with E-state index in [1.54, 1.807) is 10.8 Å². The van der Waals surface area contributed by atoms with E-state index < -0.39 is 0 Å². The first-order chi connectivity index (χ1) is 11.2. The van der Waals surface area contributed by atoms with Gasteiger partial charge in [-0.3, -0.25) is 0 Å². The number of nitrogens with one attached hydrogen (secondary N) is 1. The minimum absolute atomic E-state index is 0.280. The zero-order valence-electron chi connectivity index (χ0n) is 13.5. The van der Waals surface area contributed by atoms with Gasteiger partial charge in [0.1, 0.15) is 12.1 Å². The van der Waals surface area contributed by atoms with E-state index in [1.807, 2.05) is 13.0 Å². The molecule has 2 aromatic heterocycles. The summed E-state index contributed by atoms with van der Waals surface area (Å²) >= 11 is 0. The van der Waals surface area contributed by atoms with Crippen LogP contribution >= 0.6 is 0 Å². The van der Waals surface area contributed by atoms with Crippen molar-refractivity contribution >= 4 is 11.6 Å². The van der Waals surface area contributed by atoms with Gasteiger partial charge in [0.15, 0.2) is 0 Å². The highest BCUT2D eigenvalue weighted by Gasteiger charge is 2.25. The molecule has 0 saturated heterocycles. The molecule has 1 aliphatic rings. The van der Waals surface area contributed by atoms with Gasteiger partial charge in [-0.1, -0.05) is 31.2 Å². The summed E-state index contributed by atoms with van der Waals surface area (Å²) in [5.41, 5.74) is 3.80. The highest BCUT2D eigenvalue weighted by Crippen LogP contribution is 2.35. The van der Waals surface area contributed by atoms with Crippen LogP contribution in [-0.2, 0) is 6.42 Å². The maximum absolute atomic E-state index is 4.42. The molecule has 0 aliphatic heterocycles. The van der Waals surface area contributed by atoms with E-state index in [1.165, 1.54) is 24.0 Å². The number of rotatable bonds is 2. The zero-order valence-corrected chi connectivity index (χ0v) is 13.5. The fourth-order valence-electron chi connectivity index (χ4n) is 3.57. The third-order valence-corrected chi connectivity index (χ3v) is 4.75. The maximum Gasteiger partial charge on any atom is 0.254 e. The largest absolute Gasteiger partial charge is 0.363 e. The van der Waals surface area contributed by atoms with Gasteiger partial charge < -0.3 is 5.32 Å². The molecule has 2 heterocycles. The molecule has 118 valence electrons. The van der Waals surface area contributed by atoms with Gasteiger partial charge in [-0.2, -0.15) is 14.6 Å². The summed E-state index contributed by atoms with van der Waals surface area (Å²) in [5, 5.41) is 8.03. The number of fused-ring (bicyclic) bond motifs is 2. The first kappa shape index (κ1) is 14.2. The van der Waals surface area contributed by atoms with Gasteiger partial charge in [-0.25, -0.2) is 4.98 Å². The SMILES string of the molecule is Cc1cc(N[C@H]2c3ccccc3CCC[C@H]2C)n2ncnc2n1. The summed E-state index contributed by atoms with van der Waals surface area (Å²) in [7, 11) is 0. The van der Waals surface area contributed by atoms with E-state index in [0.29, 0.717) is 11.7 Å². The standard InChI is InChI=1S/C18H21N5/c1-12-6-5-8-14-7-3-4-9-15(14)17(12)22-16-10-13(2)21-18-19-11-20-23(16)18/h3-4,7,9-12,17,22H,5-6,8H2,1-2H3/t12-,17-/m1/s1. The topological polar surface area (TPSA) is 55.1 Å². The monoisotopic (exact) mass is 307 g/mol. The number of hydrogen-bond donors (Lipinski definition) is 1. The third-order valence-electron chi connectivity index (χ3n) is 4.75. The Morgan fingerprint density at radius 2 is 2.13 bits per heavy atom. The summed E-state index contributed by atoms with van der Waals surface area (Å²) in [5.74, 6) is 2.16. The molecule has 0 radical (unpaired) electrons. The molecule has 3 aromatic rings. The predicted octanol–water partition coefficient (Wildman–Crippen LogP) is 3.56. The molecule has 0 spiro atoms. The highest BCUT2D eigenvalue weighted by molar-refractivity contribution is 5.48. The lowest BCUT2D eigenvalue weighted by Gasteiger charge is -2.26. The summed E-state index contributed by atoms with van der Waals surface area (Å²) in [4.78, 5) is 8.64. The number of anilines is 1. The highest BCUT2D eigenvalue weighted by atomic mass is 15.4. The molecule has 5 heteroatoms. The van der Waals surface area contributed by atoms with E-state index in [2.05, 4.69) is 51.6 Å². The Morgan fingerprint density at radius 1 is 1.26 bits per heavy atom. The third kappa shape index (κ3) is 2.56. The summed E-state index contributed by atoms with van der Waals surface area (Å²) < 4.78 is 1.78. The second-order valence-electron chi connectivity index (χ2n) is 6.44. The lowest BCUT2D eigenvalue weighted by Crippen LogP contribution is -2.20. The lowest BCUT2D eigenvalue weighted by molar-refractivity contribution is 0.462. The average molecular weight is 307 g/mol. The molecule has 1 aliphatic carbocycles. The van der Waals surface area contributed by atoms with Crippen molar-refractivity contribution < 1.29 is 0 Å². The van der Waals surface area contributed by atoms with Crippen molar-refractivity contribution in [3.8, 4) is 0 Å². The van der Waals surface area contributed by atoms with Crippen LogP contribution in [0, 0.1) is 12.8 Å². The minimum atomic E-state index is 0.280. The Hall–Kier alpha value is -2.43. The van der Waals surface area contributed by atoms with Crippen molar-refractivity contribution in [2.45, 2.75) is 39.2 Å². The van der Waals surface area contributed by atoms with Crippen molar-refractivity contribution in [3.05, 3.63) is 53.5 Å². The van der Waals surface area contributed by atoms with E-state index in [4.69, 9.17) is 0 Å². The first-order valence-corrected chi connectivity index (χ1v) is 8.24. The van der Waals surface area contributed by atoms with Gasteiger partial charge in [-0.05, 0) is 43.2 Å². The Balaban J connectivity index is 1.78. The van der Waals surface area contributed by atoms with Crippen molar-refractivity contribution in [1.29, 1.82) is 0 Å². The van der Waals surface area contributed by atoms with E-state index in [9.17, 15) is 0 Å². The molecule has 2 atom stereocenters. The molecule has 23 heavy (non-hydrogen) atoms. The van der Waals surface area contributed by atoms with Crippen LogP contribution in [0.4, 0.5) is 5.82 Å². The summed E-state index contributed by atoms with van der Waals surface area (Å²) in [6.45, 7) is 4.32. The molecule has 5 nitrogen and oxygen atoms in total. The fourth-order valence-corrected chi connectivity index (χ4v) is 3.57. The van der Waals surface area contributed by atoms with Gasteiger partial charge in [0, 0.05) is 11.8 Å². The molecule has 0 unspecified atom stereocenters. The van der Waals surface area contributed by atoms with E-state index in [-0.39, 0.29) is 6.04 Å². The number of nitrogens with zero attached hydrogens (tertiary/aromatic N) is 4. The van der Waals surface area contributed by atoms with Gasteiger partial charge in [0.2, 0.25) is 0 Å². The normalized spacial score (nSPS) is 21.0. The number of hydrogen-bond acceptors (Lipinski definition) is 4. The Morgan fingerprint density at radius 3 is 3.04 bits per heavy atom. The van der Waals surface area contributed by atoms with E-state index >= 15 is 0 Å². The van der Waals surface area contributed by atoms with Crippen LogP contribution in [0.5, 0.6) is 0 Å². The Labute approximate surface area is 135 Å². The number of aromatic nitrogens is 4. The van der Waals surface area contributed by atoms with Crippen molar-refractivity contribution in [3.63, 3.8) is 0 Å². The molecule has 0 saturated carbocycles. The predicted molar refractivity (Wildman–Crippen MR) is 90.4 cm³/mol. The van der Waals surface area contributed by atoms with Crippen LogP contribution in [-0.4, -0.2) is 19.6 Å². The Kier molecular flexibility index (Phi) is 3.48. The van der Waals surface area contributed by atoms with Gasteiger partial charge in [0.05, 0.1) is 6.04 Å². The minimum Gasteiger partial charge on any atom is -0.363 e. The van der Waals surface area contributed by atoms with Crippen LogP contribution in [0.3, 0.4) is 0 Å². The quantitative estimate of drug-likeness (QED) is 0.736. The van der Waals surface area contributed by atoms with Gasteiger partial charge in [-0.15, -0.1) is 0 Å². The second kappa shape index (κ2) is 5.65. The van der Waals surface area contributed by atoms with Crippen LogP contribution in [0.2, 0.25) is 0 Å². The zero-order chi connectivity index (χ0) is 15.8. The number of aryl methyl sites for hydroxylation is 2. The second-order valence-corrected chi connectivity index (χ2v) is 6.44. The van der Waals surface area contributed by atoms with Crippen molar-refractivity contribution in [1.82, 2.24) is 19.6 Å². The fraction of sp³-hybridized carbons (Fsp3) is 0.389. The number of benzene rings is 1. The Bertz CT molecular complexity index is 838. The first-order valence-electron chi connectivity index (χ1n) is 8.24. The summed E-state index contributed by atoms with van der Waals surface area (Å²) in [6.07, 6.45) is 5.17. The van der Waals surface area contributed by atoms with Crippen LogP contribution < -0.4 is 5.32 Å². The molecule has 0 fully saturated rings. The van der Waals surface area contributed by atoms with Crippen molar-refractivity contribution in [2.24, 2.45) is 5.92 Å². The molecule has 4 rings (SSSR count).